The second-order valence-corrected chi connectivity index (χ2v) is 5.87. The van der Waals surface area contributed by atoms with Crippen LogP contribution in [0.2, 0.25) is 0 Å². The van der Waals surface area contributed by atoms with Gasteiger partial charge in [0.1, 0.15) is 0 Å². The molecule has 104 valence electrons. The molecule has 2 rings (SSSR count). The molecule has 0 aliphatic carbocycles. The molecule has 0 aromatic carbocycles. The Bertz CT molecular complexity index is 183. The van der Waals surface area contributed by atoms with E-state index in [0.29, 0.717) is 4.87 Å². The zero-order chi connectivity index (χ0) is 13.3. The van der Waals surface area contributed by atoms with E-state index in [4.69, 9.17) is 0 Å². The van der Waals surface area contributed by atoms with Gasteiger partial charge in [-0.25, -0.2) is 0 Å². The number of likely N-dealkylation sites (tertiary alicyclic amines) is 1. The SMILES string of the molecule is CC.CC.CN1CCCC2(C1)SCCCN2C. The molecule has 2 saturated heterocycles. The third kappa shape index (κ3) is 4.80. The van der Waals surface area contributed by atoms with Crippen LogP contribution >= 0.6 is 11.8 Å². The van der Waals surface area contributed by atoms with E-state index in [2.05, 4.69) is 35.7 Å². The fraction of sp³-hybridized carbons (Fsp3) is 1.00. The molecule has 2 aliphatic heterocycles. The Morgan fingerprint density at radius 2 is 1.59 bits per heavy atom. The van der Waals surface area contributed by atoms with E-state index in [-0.39, 0.29) is 0 Å². The van der Waals surface area contributed by atoms with Gasteiger partial charge in [0.15, 0.2) is 0 Å². The van der Waals surface area contributed by atoms with E-state index in [1.54, 1.807) is 0 Å². The molecule has 1 unspecified atom stereocenters. The second kappa shape index (κ2) is 9.23. The van der Waals surface area contributed by atoms with Crippen LogP contribution in [0.15, 0.2) is 0 Å². The number of thioether (sulfide) groups is 1. The van der Waals surface area contributed by atoms with Crippen molar-refractivity contribution in [2.75, 3.05) is 39.5 Å². The lowest BCUT2D eigenvalue weighted by atomic mass is 10.0. The summed E-state index contributed by atoms with van der Waals surface area (Å²) >= 11 is 2.18. The summed E-state index contributed by atoms with van der Waals surface area (Å²) in [4.78, 5) is 5.53. The number of hydrogen-bond donors (Lipinski definition) is 0. The zero-order valence-corrected chi connectivity index (χ0v) is 13.6. The molecule has 0 aromatic rings. The van der Waals surface area contributed by atoms with Gasteiger partial charge in [-0.1, -0.05) is 27.7 Å². The fourth-order valence-corrected chi connectivity index (χ4v) is 4.08. The molecule has 0 amide bonds. The Morgan fingerprint density at radius 3 is 2.12 bits per heavy atom. The van der Waals surface area contributed by atoms with Gasteiger partial charge in [-0.3, -0.25) is 4.90 Å². The highest BCUT2D eigenvalue weighted by atomic mass is 32.2. The van der Waals surface area contributed by atoms with Gasteiger partial charge in [0.2, 0.25) is 0 Å². The van der Waals surface area contributed by atoms with Crippen molar-refractivity contribution in [3.63, 3.8) is 0 Å². The van der Waals surface area contributed by atoms with Crippen LogP contribution in [0.5, 0.6) is 0 Å². The highest BCUT2D eigenvalue weighted by molar-refractivity contribution is 8.00. The number of likely N-dealkylation sites (N-methyl/N-ethyl adjacent to an activating group) is 2. The van der Waals surface area contributed by atoms with Crippen LogP contribution in [0, 0.1) is 0 Å². The van der Waals surface area contributed by atoms with Gasteiger partial charge in [0.05, 0.1) is 4.87 Å². The van der Waals surface area contributed by atoms with Gasteiger partial charge in [-0.05, 0) is 52.2 Å². The van der Waals surface area contributed by atoms with E-state index in [0.717, 1.165) is 0 Å². The number of nitrogens with zero attached hydrogens (tertiary/aromatic N) is 2. The molecule has 3 heteroatoms. The van der Waals surface area contributed by atoms with Crippen molar-refractivity contribution in [3.05, 3.63) is 0 Å². The van der Waals surface area contributed by atoms with E-state index >= 15 is 0 Å². The Balaban J connectivity index is 0.000000581. The molecule has 17 heavy (non-hydrogen) atoms. The summed E-state index contributed by atoms with van der Waals surface area (Å²) in [6.45, 7) is 11.8. The lowest BCUT2D eigenvalue weighted by Crippen LogP contribution is -2.56. The van der Waals surface area contributed by atoms with Gasteiger partial charge in [-0.2, -0.15) is 0 Å². The van der Waals surface area contributed by atoms with E-state index in [1.807, 2.05) is 27.7 Å². The monoisotopic (exact) mass is 260 g/mol. The van der Waals surface area contributed by atoms with Crippen molar-refractivity contribution in [1.82, 2.24) is 9.80 Å². The summed E-state index contributed by atoms with van der Waals surface area (Å²) in [5, 5.41) is 0. The molecule has 0 N–H and O–H groups in total. The summed E-state index contributed by atoms with van der Waals surface area (Å²) in [7, 11) is 4.55. The Hall–Kier alpha value is 0.270. The topological polar surface area (TPSA) is 6.48 Å². The van der Waals surface area contributed by atoms with Gasteiger partial charge in [-0.15, -0.1) is 11.8 Å². The predicted molar refractivity (Wildman–Crippen MR) is 81.9 cm³/mol. The second-order valence-electron chi connectivity index (χ2n) is 4.41. The molecular formula is C14H32N2S. The van der Waals surface area contributed by atoms with Crippen LogP contribution in [-0.4, -0.2) is 54.2 Å². The van der Waals surface area contributed by atoms with E-state index < -0.39 is 0 Å². The molecule has 1 atom stereocenters. The minimum atomic E-state index is 0.464. The largest absolute Gasteiger partial charge is 0.304 e. The number of hydrogen-bond acceptors (Lipinski definition) is 3. The summed E-state index contributed by atoms with van der Waals surface area (Å²) < 4.78 is 0. The highest BCUT2D eigenvalue weighted by Gasteiger charge is 2.39. The van der Waals surface area contributed by atoms with Crippen LogP contribution in [0.4, 0.5) is 0 Å². The maximum atomic E-state index is 2.58. The molecule has 2 nitrogen and oxygen atoms in total. The maximum Gasteiger partial charge on any atom is 0.0796 e. The van der Waals surface area contributed by atoms with Gasteiger partial charge in [0, 0.05) is 6.54 Å². The van der Waals surface area contributed by atoms with Crippen LogP contribution in [0.25, 0.3) is 0 Å². The summed E-state index contributed by atoms with van der Waals surface area (Å²) in [5.41, 5.74) is 0. The summed E-state index contributed by atoms with van der Waals surface area (Å²) in [6, 6.07) is 0. The third-order valence-electron chi connectivity index (χ3n) is 3.33. The molecule has 2 heterocycles. The Morgan fingerprint density at radius 1 is 0.941 bits per heavy atom. The van der Waals surface area contributed by atoms with Crippen molar-refractivity contribution < 1.29 is 0 Å². The van der Waals surface area contributed by atoms with Crippen LogP contribution in [-0.2, 0) is 0 Å². The van der Waals surface area contributed by atoms with Crippen molar-refractivity contribution in [3.8, 4) is 0 Å². The van der Waals surface area contributed by atoms with Crippen molar-refractivity contribution in [2.24, 2.45) is 0 Å². The minimum absolute atomic E-state index is 0.464. The summed E-state index contributed by atoms with van der Waals surface area (Å²) in [5.74, 6) is 1.36. The first-order valence-corrected chi connectivity index (χ1v) is 8.25. The third-order valence-corrected chi connectivity index (χ3v) is 5.00. The minimum Gasteiger partial charge on any atom is -0.304 e. The summed E-state index contributed by atoms with van der Waals surface area (Å²) in [6.07, 6.45) is 4.12. The average molecular weight is 260 g/mol. The first kappa shape index (κ1) is 17.3. The van der Waals surface area contributed by atoms with E-state index in [1.165, 1.54) is 44.6 Å². The quantitative estimate of drug-likeness (QED) is 0.658. The van der Waals surface area contributed by atoms with Crippen molar-refractivity contribution in [2.45, 2.75) is 51.8 Å². The molecule has 2 aliphatic rings. The molecule has 0 aromatic heterocycles. The van der Waals surface area contributed by atoms with E-state index in [9.17, 15) is 0 Å². The van der Waals surface area contributed by atoms with Gasteiger partial charge < -0.3 is 4.90 Å². The van der Waals surface area contributed by atoms with Crippen molar-refractivity contribution in [1.29, 1.82) is 0 Å². The standard InChI is InChI=1S/C10H20N2S.2C2H6/c1-11-6-3-5-10(9-11)12(2)7-4-8-13-10;2*1-2/h3-9H2,1-2H3;2*1-2H3. The average Bonchev–Trinajstić information content (AvgIpc) is 2.38. The molecule has 0 radical (unpaired) electrons. The van der Waals surface area contributed by atoms with Crippen LogP contribution in [0.1, 0.15) is 47.0 Å². The lowest BCUT2D eigenvalue weighted by molar-refractivity contribution is 0.104. The Labute approximate surface area is 113 Å². The highest BCUT2D eigenvalue weighted by Crippen LogP contribution is 2.39. The number of piperidine rings is 1. The maximum absolute atomic E-state index is 2.58. The van der Waals surface area contributed by atoms with Crippen molar-refractivity contribution >= 4 is 11.8 Å². The van der Waals surface area contributed by atoms with Crippen LogP contribution in [0.3, 0.4) is 0 Å². The zero-order valence-electron chi connectivity index (χ0n) is 12.8. The lowest BCUT2D eigenvalue weighted by Gasteiger charge is -2.49. The molecular weight excluding hydrogens is 228 g/mol. The van der Waals surface area contributed by atoms with Gasteiger partial charge >= 0.3 is 0 Å². The molecule has 2 fully saturated rings. The first-order valence-electron chi connectivity index (χ1n) is 7.27. The fourth-order valence-electron chi connectivity index (χ4n) is 2.51. The normalized spacial score (nSPS) is 30.0. The van der Waals surface area contributed by atoms with Crippen LogP contribution < -0.4 is 0 Å². The predicted octanol–water partition coefficient (Wildman–Crippen LogP) is 3.53. The molecule has 1 spiro atoms. The number of rotatable bonds is 0. The first-order chi connectivity index (χ1) is 8.23. The Kier molecular flexibility index (Phi) is 9.38. The smallest absolute Gasteiger partial charge is 0.0796 e. The molecule has 0 saturated carbocycles. The van der Waals surface area contributed by atoms with Gasteiger partial charge in [0.25, 0.3) is 0 Å². The molecule has 0 bridgehead atoms.